The standard InChI is InChI=1S/C27H31N7O2.H2/c1-6-36-20(4)32-11-9-21(10-12-32)23-13-18(2)15-34-26(23)30-27(31-34)29-22-7-8-24(25(14-22)35-5)33-16-19(3)28-17-33;/h7-9,13-17H,4,6,10-12H2,1-3,5H3,(H,29,31);1H. The largest absolute Gasteiger partial charge is 0.494 e. The van der Waals surface area contributed by atoms with Crippen molar-refractivity contribution in [2.75, 3.05) is 32.1 Å². The molecule has 3 aromatic heterocycles. The Morgan fingerprint density at radius 3 is 2.78 bits per heavy atom. The fourth-order valence-corrected chi connectivity index (χ4v) is 4.46. The number of hydrogen-bond acceptors (Lipinski definition) is 7. The average Bonchev–Trinajstić information content (AvgIpc) is 3.49. The van der Waals surface area contributed by atoms with Gasteiger partial charge in [0.2, 0.25) is 5.95 Å². The number of methoxy groups -OCH3 is 1. The Kier molecular flexibility index (Phi) is 6.37. The van der Waals surface area contributed by atoms with Crippen LogP contribution in [0.15, 0.2) is 61.5 Å². The van der Waals surface area contributed by atoms with Crippen LogP contribution in [0, 0.1) is 13.8 Å². The first kappa shape index (κ1) is 23.5. The Morgan fingerprint density at radius 1 is 1.22 bits per heavy atom. The Labute approximate surface area is 212 Å². The molecule has 9 nitrogen and oxygen atoms in total. The molecule has 4 aromatic rings. The van der Waals surface area contributed by atoms with E-state index < -0.39 is 0 Å². The molecule has 0 saturated heterocycles. The highest BCUT2D eigenvalue weighted by Crippen LogP contribution is 2.30. The predicted molar refractivity (Wildman–Crippen MR) is 143 cm³/mol. The quantitative estimate of drug-likeness (QED) is 0.345. The Hall–Kier alpha value is -4.27. The van der Waals surface area contributed by atoms with Crippen molar-refractivity contribution < 1.29 is 10.9 Å². The van der Waals surface area contributed by atoms with Gasteiger partial charge in [-0.1, -0.05) is 6.08 Å². The molecule has 0 aliphatic carbocycles. The second-order valence-electron chi connectivity index (χ2n) is 8.82. The summed E-state index contributed by atoms with van der Waals surface area (Å²) >= 11 is 0. The third-order valence-corrected chi connectivity index (χ3v) is 6.21. The molecule has 1 aromatic carbocycles. The average molecular weight is 488 g/mol. The molecule has 0 bridgehead atoms. The number of imidazole rings is 1. The Balaban J connectivity index is 0.00000320. The molecule has 1 N–H and O–H groups in total. The topological polar surface area (TPSA) is 81.7 Å². The molecule has 0 saturated carbocycles. The van der Waals surface area contributed by atoms with Crippen LogP contribution in [0.25, 0.3) is 16.9 Å². The zero-order valence-electron chi connectivity index (χ0n) is 21.2. The number of fused-ring (bicyclic) bond motifs is 1. The van der Waals surface area contributed by atoms with Gasteiger partial charge in [0, 0.05) is 44.2 Å². The lowest BCUT2D eigenvalue weighted by molar-refractivity contribution is 0.130. The van der Waals surface area contributed by atoms with E-state index in [1.54, 1.807) is 13.4 Å². The molecular formula is C27H33N7O2. The number of anilines is 2. The van der Waals surface area contributed by atoms with Gasteiger partial charge in [0.15, 0.2) is 11.5 Å². The van der Waals surface area contributed by atoms with Gasteiger partial charge in [-0.3, -0.25) is 0 Å². The zero-order valence-corrected chi connectivity index (χ0v) is 21.2. The first-order chi connectivity index (χ1) is 17.4. The highest BCUT2D eigenvalue weighted by Gasteiger charge is 2.19. The molecule has 0 fully saturated rings. The molecule has 0 unspecified atom stereocenters. The van der Waals surface area contributed by atoms with Crippen molar-refractivity contribution in [2.45, 2.75) is 27.2 Å². The first-order valence-corrected chi connectivity index (χ1v) is 12.0. The van der Waals surface area contributed by atoms with Crippen molar-refractivity contribution in [1.29, 1.82) is 0 Å². The summed E-state index contributed by atoms with van der Waals surface area (Å²) in [6.45, 7) is 12.3. The van der Waals surface area contributed by atoms with Crippen LogP contribution < -0.4 is 10.1 Å². The lowest BCUT2D eigenvalue weighted by Gasteiger charge is -2.29. The van der Waals surface area contributed by atoms with Gasteiger partial charge in [0.25, 0.3) is 0 Å². The number of aryl methyl sites for hydroxylation is 2. The van der Waals surface area contributed by atoms with E-state index in [2.05, 4.69) is 40.8 Å². The number of ether oxygens (including phenoxy) is 2. The summed E-state index contributed by atoms with van der Waals surface area (Å²) in [6.07, 6.45) is 8.84. The lowest BCUT2D eigenvalue weighted by Crippen LogP contribution is -2.28. The van der Waals surface area contributed by atoms with Crippen LogP contribution in [-0.4, -0.2) is 55.9 Å². The minimum atomic E-state index is 0. The van der Waals surface area contributed by atoms with Gasteiger partial charge >= 0.3 is 0 Å². The van der Waals surface area contributed by atoms with Crippen molar-refractivity contribution in [2.24, 2.45) is 0 Å². The van der Waals surface area contributed by atoms with E-state index in [1.165, 1.54) is 5.57 Å². The van der Waals surface area contributed by atoms with Crippen LogP contribution in [0.3, 0.4) is 0 Å². The third-order valence-electron chi connectivity index (χ3n) is 6.21. The predicted octanol–water partition coefficient (Wildman–Crippen LogP) is 5.13. The fourth-order valence-electron chi connectivity index (χ4n) is 4.46. The van der Waals surface area contributed by atoms with E-state index in [-0.39, 0.29) is 1.43 Å². The van der Waals surface area contributed by atoms with E-state index in [0.29, 0.717) is 12.6 Å². The summed E-state index contributed by atoms with van der Waals surface area (Å²) < 4.78 is 15.0. The molecule has 9 heteroatoms. The number of aromatic nitrogens is 5. The number of rotatable bonds is 8. The second-order valence-corrected chi connectivity index (χ2v) is 8.82. The lowest BCUT2D eigenvalue weighted by atomic mass is 9.99. The van der Waals surface area contributed by atoms with E-state index >= 15 is 0 Å². The minimum absolute atomic E-state index is 0. The number of nitrogens with zero attached hydrogens (tertiary/aromatic N) is 6. The van der Waals surface area contributed by atoms with Gasteiger partial charge in [0.05, 0.1) is 31.4 Å². The molecule has 0 radical (unpaired) electrons. The molecule has 0 spiro atoms. The summed E-state index contributed by atoms with van der Waals surface area (Å²) in [6, 6.07) is 8.08. The first-order valence-electron chi connectivity index (χ1n) is 12.0. The Morgan fingerprint density at radius 2 is 2.08 bits per heavy atom. The summed E-state index contributed by atoms with van der Waals surface area (Å²) in [7, 11) is 1.66. The molecule has 0 amide bonds. The second kappa shape index (κ2) is 9.77. The van der Waals surface area contributed by atoms with E-state index in [1.807, 2.05) is 53.5 Å². The van der Waals surface area contributed by atoms with Gasteiger partial charge in [-0.25, -0.2) is 9.50 Å². The van der Waals surface area contributed by atoms with Gasteiger partial charge in [-0.15, -0.1) is 5.10 Å². The van der Waals surface area contributed by atoms with E-state index in [0.717, 1.165) is 65.0 Å². The molecule has 1 aliphatic heterocycles. The fraction of sp³-hybridized carbons (Fsp3) is 0.296. The van der Waals surface area contributed by atoms with Crippen molar-refractivity contribution >= 4 is 22.9 Å². The maximum absolute atomic E-state index is 5.64. The maximum Gasteiger partial charge on any atom is 0.247 e. The summed E-state index contributed by atoms with van der Waals surface area (Å²) in [5.41, 5.74) is 6.99. The van der Waals surface area contributed by atoms with Crippen LogP contribution >= 0.6 is 0 Å². The molecule has 36 heavy (non-hydrogen) atoms. The van der Waals surface area contributed by atoms with Crippen molar-refractivity contribution in [1.82, 2.24) is 29.0 Å². The Bertz CT molecular complexity index is 1460. The van der Waals surface area contributed by atoms with Crippen LogP contribution in [-0.2, 0) is 4.74 Å². The monoisotopic (exact) mass is 487 g/mol. The number of nitrogens with one attached hydrogen (secondary N) is 1. The normalized spacial score (nSPS) is 13.6. The van der Waals surface area contributed by atoms with Crippen LogP contribution in [0.5, 0.6) is 5.75 Å². The summed E-state index contributed by atoms with van der Waals surface area (Å²) in [5.74, 6) is 1.97. The molecule has 1 aliphatic rings. The van der Waals surface area contributed by atoms with Gasteiger partial charge < -0.3 is 24.3 Å². The van der Waals surface area contributed by atoms with Crippen molar-refractivity contribution in [3.8, 4) is 11.4 Å². The zero-order chi connectivity index (χ0) is 25.2. The third kappa shape index (κ3) is 4.64. The van der Waals surface area contributed by atoms with Gasteiger partial charge in [0.1, 0.15) is 5.75 Å². The number of hydrogen-bond donors (Lipinski definition) is 1. The highest BCUT2D eigenvalue weighted by molar-refractivity contribution is 5.78. The molecule has 0 atom stereocenters. The molecule has 4 heterocycles. The van der Waals surface area contributed by atoms with Crippen molar-refractivity contribution in [3.63, 3.8) is 0 Å². The van der Waals surface area contributed by atoms with Crippen LogP contribution in [0.2, 0.25) is 0 Å². The number of benzene rings is 1. The van der Waals surface area contributed by atoms with E-state index in [9.17, 15) is 0 Å². The van der Waals surface area contributed by atoms with Crippen LogP contribution in [0.1, 0.15) is 31.6 Å². The molecule has 5 rings (SSSR count). The maximum atomic E-state index is 5.64. The highest BCUT2D eigenvalue weighted by atomic mass is 16.5. The van der Waals surface area contributed by atoms with Gasteiger partial charge in [-0.2, -0.15) is 4.98 Å². The van der Waals surface area contributed by atoms with Crippen LogP contribution in [0.4, 0.5) is 11.6 Å². The van der Waals surface area contributed by atoms with Crippen molar-refractivity contribution in [3.05, 3.63) is 78.3 Å². The number of pyridine rings is 1. The smallest absolute Gasteiger partial charge is 0.247 e. The van der Waals surface area contributed by atoms with Gasteiger partial charge in [-0.05, 0) is 63.1 Å². The summed E-state index contributed by atoms with van der Waals surface area (Å²) in [4.78, 5) is 11.3. The minimum Gasteiger partial charge on any atom is -0.494 e. The SMILES string of the molecule is C=C(OCC)N1CC=C(c2cc(C)cn3nc(Nc4ccc(-n5cnc(C)c5)c(OC)c4)nc23)CC1.[HH]. The molecule has 188 valence electrons. The van der Waals surface area contributed by atoms with E-state index in [4.69, 9.17) is 19.6 Å². The molecular weight excluding hydrogens is 454 g/mol. The summed E-state index contributed by atoms with van der Waals surface area (Å²) in [5, 5.41) is 8.03.